The molecule has 0 saturated heterocycles. The lowest BCUT2D eigenvalue weighted by Gasteiger charge is -2.18. The van der Waals surface area contributed by atoms with Crippen molar-refractivity contribution >= 4 is 5.78 Å². The molecule has 0 atom stereocenters. The zero-order valence-electron chi connectivity index (χ0n) is 12.3. The van der Waals surface area contributed by atoms with Crippen molar-refractivity contribution in [2.24, 2.45) is 10.8 Å². The Morgan fingerprint density at radius 1 is 0.882 bits per heavy atom. The first kappa shape index (κ1) is 16.6. The van der Waals surface area contributed by atoms with Gasteiger partial charge in [0.25, 0.3) is 0 Å². The summed E-state index contributed by atoms with van der Waals surface area (Å²) < 4.78 is 10.7. The normalized spacial score (nSPS) is 12.8. The summed E-state index contributed by atoms with van der Waals surface area (Å²) in [6.45, 7) is 14.5. The van der Waals surface area contributed by atoms with Gasteiger partial charge in [-0.15, -0.1) is 0 Å². The van der Waals surface area contributed by atoms with Gasteiger partial charge < -0.3 is 9.47 Å². The maximum Gasteiger partial charge on any atom is 0.158 e. The van der Waals surface area contributed by atoms with E-state index >= 15 is 0 Å². The highest BCUT2D eigenvalue weighted by atomic mass is 16.5. The molecule has 0 saturated carbocycles. The summed E-state index contributed by atoms with van der Waals surface area (Å²) in [6.07, 6.45) is 0.565. The lowest BCUT2D eigenvalue weighted by Crippen LogP contribution is -2.20. The van der Waals surface area contributed by atoms with Gasteiger partial charge in [0.2, 0.25) is 0 Å². The van der Waals surface area contributed by atoms with Crippen LogP contribution in [0.2, 0.25) is 0 Å². The van der Waals surface area contributed by atoms with E-state index in [2.05, 4.69) is 41.5 Å². The van der Waals surface area contributed by atoms with Crippen LogP contribution in [0.25, 0.3) is 0 Å². The van der Waals surface area contributed by atoms with Crippen LogP contribution in [0.5, 0.6) is 0 Å². The highest BCUT2D eigenvalue weighted by Crippen LogP contribution is 2.18. The van der Waals surface area contributed by atoms with Crippen LogP contribution in [-0.2, 0) is 14.3 Å². The summed E-state index contributed by atoms with van der Waals surface area (Å²) in [7, 11) is 0. The molecule has 0 unspecified atom stereocenters. The molecule has 0 bridgehead atoms. The molecule has 0 N–H and O–H groups in total. The van der Waals surface area contributed by atoms with Crippen molar-refractivity contribution in [2.75, 3.05) is 26.4 Å². The number of carbonyl (C=O) groups excluding carboxylic acids is 1. The Kier molecular flexibility index (Phi) is 6.95. The fourth-order valence-corrected chi connectivity index (χ4v) is 1.32. The Balaban J connectivity index is 3.44. The first-order chi connectivity index (χ1) is 7.60. The molecule has 0 aliphatic heterocycles. The number of hydrogen-bond acceptors (Lipinski definition) is 3. The molecule has 0 rings (SSSR count). The van der Waals surface area contributed by atoms with Crippen LogP contribution >= 0.6 is 0 Å². The van der Waals surface area contributed by atoms with Crippen molar-refractivity contribution < 1.29 is 14.3 Å². The number of rotatable bonds is 7. The Hall–Kier alpha value is -0.410. The van der Waals surface area contributed by atoms with Crippen molar-refractivity contribution in [3.63, 3.8) is 0 Å². The molecule has 0 aromatic carbocycles. The molecule has 102 valence electrons. The molecule has 0 aliphatic rings. The second kappa shape index (κ2) is 7.12. The minimum absolute atomic E-state index is 0.0448. The molecule has 0 radical (unpaired) electrons. The van der Waals surface area contributed by atoms with E-state index in [0.29, 0.717) is 26.2 Å². The molecule has 0 fully saturated rings. The number of hydrogen-bond donors (Lipinski definition) is 0. The molecule has 0 aliphatic carbocycles. The molecule has 0 spiro atoms. The van der Waals surface area contributed by atoms with Crippen LogP contribution in [0.15, 0.2) is 0 Å². The molecule has 0 heterocycles. The Morgan fingerprint density at radius 3 is 1.88 bits per heavy atom. The largest absolute Gasteiger partial charge is 0.379 e. The topological polar surface area (TPSA) is 35.5 Å². The molecule has 17 heavy (non-hydrogen) atoms. The third kappa shape index (κ3) is 13.5. The van der Waals surface area contributed by atoms with E-state index in [9.17, 15) is 4.79 Å². The first-order valence-corrected chi connectivity index (χ1v) is 6.27. The minimum Gasteiger partial charge on any atom is -0.379 e. The standard InChI is InChI=1S/C14H28O3/c1-13(2,3)9-12(15)10-16-7-8-17-11-14(4,5)6/h7-11H2,1-6H3. The molecule has 0 aromatic rings. The second-order valence-electron chi connectivity index (χ2n) is 6.94. The third-order valence-electron chi connectivity index (χ3n) is 1.90. The smallest absolute Gasteiger partial charge is 0.158 e. The van der Waals surface area contributed by atoms with Gasteiger partial charge in [0, 0.05) is 6.42 Å². The molecular weight excluding hydrogens is 216 g/mol. The summed E-state index contributed by atoms with van der Waals surface area (Å²) in [5.74, 6) is 0.160. The van der Waals surface area contributed by atoms with E-state index in [1.807, 2.05) is 0 Å². The molecule has 0 aromatic heterocycles. The van der Waals surface area contributed by atoms with E-state index in [1.54, 1.807) is 0 Å². The van der Waals surface area contributed by atoms with Gasteiger partial charge in [0.15, 0.2) is 5.78 Å². The van der Waals surface area contributed by atoms with Gasteiger partial charge in [-0.05, 0) is 10.8 Å². The molecule has 3 heteroatoms. The maximum absolute atomic E-state index is 11.5. The monoisotopic (exact) mass is 244 g/mol. The first-order valence-electron chi connectivity index (χ1n) is 6.27. The molecule has 3 nitrogen and oxygen atoms in total. The van der Waals surface area contributed by atoms with E-state index in [1.165, 1.54) is 0 Å². The minimum atomic E-state index is 0.0448. The lowest BCUT2D eigenvalue weighted by atomic mass is 9.90. The van der Waals surface area contributed by atoms with Gasteiger partial charge >= 0.3 is 0 Å². The predicted molar refractivity (Wildman–Crippen MR) is 70.2 cm³/mol. The van der Waals surface area contributed by atoms with Crippen LogP contribution in [0.4, 0.5) is 0 Å². The van der Waals surface area contributed by atoms with Crippen molar-refractivity contribution in [1.29, 1.82) is 0 Å². The van der Waals surface area contributed by atoms with Crippen molar-refractivity contribution in [2.45, 2.75) is 48.0 Å². The van der Waals surface area contributed by atoms with E-state index in [0.717, 1.165) is 0 Å². The predicted octanol–water partition coefficient (Wildman–Crippen LogP) is 3.07. The van der Waals surface area contributed by atoms with Gasteiger partial charge in [0.1, 0.15) is 6.61 Å². The van der Waals surface area contributed by atoms with Crippen LogP contribution < -0.4 is 0 Å². The van der Waals surface area contributed by atoms with Crippen LogP contribution in [-0.4, -0.2) is 32.2 Å². The molecule has 0 amide bonds. The zero-order valence-corrected chi connectivity index (χ0v) is 12.3. The number of ketones is 1. The van der Waals surface area contributed by atoms with Gasteiger partial charge in [-0.2, -0.15) is 0 Å². The molecular formula is C14H28O3. The average Bonchev–Trinajstić information content (AvgIpc) is 2.06. The summed E-state index contributed by atoms with van der Waals surface area (Å²) in [6, 6.07) is 0. The van der Waals surface area contributed by atoms with Crippen LogP contribution in [0.1, 0.15) is 48.0 Å². The van der Waals surface area contributed by atoms with Crippen LogP contribution in [0, 0.1) is 10.8 Å². The van der Waals surface area contributed by atoms with Crippen molar-refractivity contribution in [1.82, 2.24) is 0 Å². The maximum atomic E-state index is 11.5. The number of carbonyl (C=O) groups is 1. The zero-order chi connectivity index (χ0) is 13.5. The highest BCUT2D eigenvalue weighted by Gasteiger charge is 2.15. The van der Waals surface area contributed by atoms with Gasteiger partial charge in [-0.3, -0.25) is 4.79 Å². The summed E-state index contributed by atoms with van der Waals surface area (Å²) >= 11 is 0. The van der Waals surface area contributed by atoms with Gasteiger partial charge in [-0.1, -0.05) is 41.5 Å². The van der Waals surface area contributed by atoms with Crippen molar-refractivity contribution in [3.05, 3.63) is 0 Å². The Morgan fingerprint density at radius 2 is 1.41 bits per heavy atom. The van der Waals surface area contributed by atoms with E-state index in [4.69, 9.17) is 9.47 Å². The van der Waals surface area contributed by atoms with E-state index < -0.39 is 0 Å². The Bertz CT molecular complexity index is 221. The second-order valence-corrected chi connectivity index (χ2v) is 6.94. The highest BCUT2D eigenvalue weighted by molar-refractivity contribution is 5.80. The van der Waals surface area contributed by atoms with Gasteiger partial charge in [-0.25, -0.2) is 0 Å². The fraction of sp³-hybridized carbons (Fsp3) is 0.929. The number of Topliss-reactive ketones (excluding diaryl/α,β-unsaturated/α-hetero) is 1. The number of ether oxygens (including phenoxy) is 2. The summed E-state index contributed by atoms with van der Waals surface area (Å²) in [5.41, 5.74) is 0.227. The van der Waals surface area contributed by atoms with E-state index in [-0.39, 0.29) is 23.2 Å². The van der Waals surface area contributed by atoms with Crippen LogP contribution in [0.3, 0.4) is 0 Å². The summed E-state index contributed by atoms with van der Waals surface area (Å²) in [4.78, 5) is 11.5. The summed E-state index contributed by atoms with van der Waals surface area (Å²) in [5, 5.41) is 0. The quantitative estimate of drug-likeness (QED) is 0.646. The Labute approximate surface area is 106 Å². The third-order valence-corrected chi connectivity index (χ3v) is 1.90. The van der Waals surface area contributed by atoms with Gasteiger partial charge in [0.05, 0.1) is 19.8 Å². The fourth-order valence-electron chi connectivity index (χ4n) is 1.32. The van der Waals surface area contributed by atoms with Crippen molar-refractivity contribution in [3.8, 4) is 0 Å². The lowest BCUT2D eigenvalue weighted by molar-refractivity contribution is -0.126. The SMILES string of the molecule is CC(C)(C)COCCOCC(=O)CC(C)(C)C. The average molecular weight is 244 g/mol.